The van der Waals surface area contributed by atoms with Gasteiger partial charge in [0.15, 0.2) is 12.4 Å². The molecule has 0 rings (SSSR count). The van der Waals surface area contributed by atoms with Gasteiger partial charge in [0.1, 0.15) is 49.0 Å². The quantitative estimate of drug-likeness (QED) is 0.105. The molecule has 0 aromatic heterocycles. The number of aliphatic hydroxyl groups excluding tert-OH is 7. The van der Waals surface area contributed by atoms with Crippen molar-refractivity contribution in [1.82, 2.24) is 5.32 Å². The number of carbonyl (C=O) groups is 3. The van der Waals surface area contributed by atoms with Crippen LogP contribution in [0.2, 0.25) is 0 Å². The molecule has 8 N–H and O–H groups in total. The second kappa shape index (κ2) is 13.0. The molecule has 1 amide bonds. The minimum absolute atomic E-state index is 0.00931. The molecule has 0 unspecified atom stereocenters. The van der Waals surface area contributed by atoms with Gasteiger partial charge >= 0.3 is 10.4 Å². The van der Waals surface area contributed by atoms with E-state index in [0.29, 0.717) is 0 Å². The van der Waals surface area contributed by atoms with Crippen LogP contribution in [0, 0.1) is 0 Å². The maximum absolute atomic E-state index is 12.0. The molecule has 0 aromatic carbocycles. The van der Waals surface area contributed by atoms with Crippen molar-refractivity contribution in [3.63, 3.8) is 0 Å². The number of aldehydes is 2. The minimum atomic E-state index is -5.38. The summed E-state index contributed by atoms with van der Waals surface area (Å²) >= 11 is 0. The van der Waals surface area contributed by atoms with Crippen molar-refractivity contribution in [3.05, 3.63) is 0 Å². The predicted octanol–water partition coefficient (Wildman–Crippen LogP) is -6.31. The van der Waals surface area contributed by atoms with Crippen LogP contribution in [-0.2, 0) is 33.1 Å². The summed E-state index contributed by atoms with van der Waals surface area (Å²) in [6.07, 6.45) is -15.9. The van der Waals surface area contributed by atoms with Crippen molar-refractivity contribution in [3.8, 4) is 0 Å². The van der Waals surface area contributed by atoms with Crippen LogP contribution in [0.3, 0.4) is 0 Å². The van der Waals surface area contributed by atoms with Crippen molar-refractivity contribution in [2.75, 3.05) is 13.2 Å². The average molecular weight is 463 g/mol. The molecular weight excluding hydrogens is 438 g/mol. The smallest absolute Gasteiger partial charge is 0.394 e. The number of aliphatic hydroxyl groups is 7. The van der Waals surface area contributed by atoms with Crippen LogP contribution < -0.4 is 5.32 Å². The molecule has 0 bridgehead atoms. The lowest BCUT2D eigenvalue weighted by atomic mass is 10.0. The number of amides is 1. The van der Waals surface area contributed by atoms with Gasteiger partial charge in [-0.3, -0.25) is 4.79 Å². The molecule has 0 aliphatic heterocycles. The van der Waals surface area contributed by atoms with Crippen LogP contribution in [-0.4, -0.2) is 125 Å². The fourth-order valence-corrected chi connectivity index (χ4v) is 3.07. The molecular formula is C14H25NO14S. The van der Waals surface area contributed by atoms with Crippen LogP contribution >= 0.6 is 0 Å². The van der Waals surface area contributed by atoms with Gasteiger partial charge in [-0.1, -0.05) is 0 Å². The molecule has 0 saturated carbocycles. The average Bonchev–Trinajstić information content (AvgIpc) is 2.71. The first-order valence-electron chi connectivity index (χ1n) is 8.26. The van der Waals surface area contributed by atoms with Gasteiger partial charge in [0, 0.05) is 6.92 Å². The van der Waals surface area contributed by atoms with E-state index in [2.05, 4.69) is 8.37 Å². The molecule has 176 valence electrons. The van der Waals surface area contributed by atoms with E-state index >= 15 is 0 Å². The van der Waals surface area contributed by atoms with Gasteiger partial charge in [-0.15, -0.1) is 0 Å². The summed E-state index contributed by atoms with van der Waals surface area (Å²) in [6, 6.07) is -1.78. The van der Waals surface area contributed by atoms with E-state index in [4.69, 9.17) is 10.2 Å². The molecule has 8 atom stereocenters. The van der Waals surface area contributed by atoms with Crippen LogP contribution in [0.1, 0.15) is 6.92 Å². The summed E-state index contributed by atoms with van der Waals surface area (Å²) in [5.74, 6) is -0.817. The molecule has 15 nitrogen and oxygen atoms in total. The Morgan fingerprint density at radius 2 is 1.43 bits per heavy atom. The zero-order valence-corrected chi connectivity index (χ0v) is 16.4. The predicted molar refractivity (Wildman–Crippen MR) is 92.6 cm³/mol. The Hall–Kier alpha value is -1.60. The van der Waals surface area contributed by atoms with E-state index in [0.717, 1.165) is 6.92 Å². The van der Waals surface area contributed by atoms with E-state index in [1.54, 1.807) is 0 Å². The van der Waals surface area contributed by atoms with Crippen LogP contribution in [0.25, 0.3) is 0 Å². The van der Waals surface area contributed by atoms with Crippen LogP contribution in [0.15, 0.2) is 0 Å². The third kappa shape index (κ3) is 8.64. The highest BCUT2D eigenvalue weighted by Gasteiger charge is 2.40. The summed E-state index contributed by atoms with van der Waals surface area (Å²) in [7, 11) is -5.38. The fraction of sp³-hybridized carbons (Fsp3) is 0.786. The first-order valence-corrected chi connectivity index (χ1v) is 9.59. The standard InChI is InChI=1S/C14H25NO14S/c1-6(20)15-7(2-16)11(23)14(9(22)4-18)29-30(26,27)28-10(5-19)13(25)12(24)8(21)3-17/h2,5,7-14,17-18,21-25H,3-4H2,1H3,(H,15,20)/t7-,8+,9+,10+,11+,12+,13+,14-/m0/s1. The second-order valence-corrected chi connectivity index (χ2v) is 7.20. The van der Waals surface area contributed by atoms with Gasteiger partial charge in [-0.25, -0.2) is 8.37 Å². The van der Waals surface area contributed by atoms with E-state index < -0.39 is 78.3 Å². The summed E-state index contributed by atoms with van der Waals surface area (Å²) in [4.78, 5) is 33.1. The van der Waals surface area contributed by atoms with Gasteiger partial charge in [0.2, 0.25) is 5.91 Å². The third-order valence-electron chi connectivity index (χ3n) is 3.65. The Morgan fingerprint density at radius 1 is 0.900 bits per heavy atom. The van der Waals surface area contributed by atoms with Crippen molar-refractivity contribution in [2.24, 2.45) is 0 Å². The minimum Gasteiger partial charge on any atom is -0.394 e. The summed E-state index contributed by atoms with van der Waals surface area (Å²) in [5.41, 5.74) is 0. The number of rotatable bonds is 15. The van der Waals surface area contributed by atoms with E-state index in [1.807, 2.05) is 5.32 Å². The van der Waals surface area contributed by atoms with Crippen molar-refractivity contribution >= 4 is 28.9 Å². The Bertz CT molecular complexity index is 657. The van der Waals surface area contributed by atoms with E-state index in [-0.39, 0.29) is 12.6 Å². The Morgan fingerprint density at radius 3 is 1.83 bits per heavy atom. The van der Waals surface area contributed by atoms with Crippen LogP contribution in [0.5, 0.6) is 0 Å². The topological polar surface area (TPSA) is 257 Å². The van der Waals surface area contributed by atoms with Gasteiger partial charge in [-0.05, 0) is 0 Å². The lowest BCUT2D eigenvalue weighted by molar-refractivity contribution is -0.136. The molecule has 0 aliphatic rings. The van der Waals surface area contributed by atoms with Gasteiger partial charge < -0.3 is 50.7 Å². The highest BCUT2D eigenvalue weighted by molar-refractivity contribution is 7.81. The lowest BCUT2D eigenvalue weighted by Crippen LogP contribution is -2.55. The molecule has 0 radical (unpaired) electrons. The number of hydrogen-bond acceptors (Lipinski definition) is 14. The molecule has 0 heterocycles. The molecule has 0 aromatic rings. The highest BCUT2D eigenvalue weighted by atomic mass is 32.3. The normalized spacial score (nSPS) is 20.1. The summed E-state index contributed by atoms with van der Waals surface area (Å²) in [6.45, 7) is -1.27. The second-order valence-electron chi connectivity index (χ2n) is 6.00. The van der Waals surface area contributed by atoms with Gasteiger partial charge in [-0.2, -0.15) is 8.42 Å². The maximum atomic E-state index is 12.0. The summed E-state index contributed by atoms with van der Waals surface area (Å²) in [5, 5.41) is 68.0. The molecule has 0 saturated heterocycles. The van der Waals surface area contributed by atoms with Crippen LogP contribution in [0.4, 0.5) is 0 Å². The monoisotopic (exact) mass is 463 g/mol. The fourth-order valence-electron chi connectivity index (χ4n) is 2.08. The number of carbonyl (C=O) groups excluding carboxylic acids is 3. The highest BCUT2D eigenvalue weighted by Crippen LogP contribution is 2.17. The molecule has 0 aliphatic carbocycles. The Kier molecular flexibility index (Phi) is 12.3. The van der Waals surface area contributed by atoms with Crippen molar-refractivity contribution in [2.45, 2.75) is 55.7 Å². The Labute approximate surface area is 170 Å². The van der Waals surface area contributed by atoms with Crippen molar-refractivity contribution < 1.29 is 66.9 Å². The Balaban J connectivity index is 5.58. The molecule has 0 spiro atoms. The maximum Gasteiger partial charge on any atom is 0.401 e. The first kappa shape index (κ1) is 28.4. The zero-order valence-electron chi connectivity index (χ0n) is 15.6. The van der Waals surface area contributed by atoms with E-state index in [1.165, 1.54) is 0 Å². The van der Waals surface area contributed by atoms with E-state index in [9.17, 15) is 48.3 Å². The zero-order chi connectivity index (χ0) is 23.6. The molecule has 0 fully saturated rings. The molecule has 30 heavy (non-hydrogen) atoms. The molecule has 16 heteroatoms. The lowest BCUT2D eigenvalue weighted by Gasteiger charge is -2.30. The van der Waals surface area contributed by atoms with Gasteiger partial charge in [0.25, 0.3) is 0 Å². The largest absolute Gasteiger partial charge is 0.401 e. The SMILES string of the molecule is CC(=O)N[C@@H](C=O)[C@@H](O)[C@@H](OS(=O)(=O)O[C@H](C=O)[C@@H](O)[C@H](O)[C@H](O)CO)[C@H](O)CO. The van der Waals surface area contributed by atoms with Crippen molar-refractivity contribution in [1.29, 1.82) is 0 Å². The number of nitrogens with one attached hydrogen (secondary N) is 1. The third-order valence-corrected chi connectivity index (χ3v) is 4.56. The van der Waals surface area contributed by atoms with Gasteiger partial charge in [0.05, 0.1) is 13.2 Å². The number of hydrogen-bond donors (Lipinski definition) is 8. The first-order chi connectivity index (χ1) is 13.8. The summed E-state index contributed by atoms with van der Waals surface area (Å²) < 4.78 is 32.7.